The SMILES string of the molecule is CCc1nn(-c2ccccc2)c2c1CN(C(=O)NCc1ccc(C)cc1)[C@@H](c1cccc(OC)c1)c1cccn1-2. The van der Waals surface area contributed by atoms with Gasteiger partial charge in [-0.2, -0.15) is 5.10 Å². The molecule has 7 heteroatoms. The minimum atomic E-state index is -0.343. The summed E-state index contributed by atoms with van der Waals surface area (Å²) in [5.74, 6) is 1.71. The summed E-state index contributed by atoms with van der Waals surface area (Å²) in [7, 11) is 1.67. The summed E-state index contributed by atoms with van der Waals surface area (Å²) in [5.41, 5.74) is 7.21. The molecule has 0 aliphatic carbocycles. The molecule has 0 saturated heterocycles. The molecule has 3 aromatic carbocycles. The summed E-state index contributed by atoms with van der Waals surface area (Å²) in [6.07, 6.45) is 2.82. The number of methoxy groups -OCH3 is 1. The Hall–Kier alpha value is -4.78. The molecule has 1 aliphatic heterocycles. The molecule has 3 heterocycles. The Balaban J connectivity index is 1.49. The van der Waals surface area contributed by atoms with E-state index in [1.165, 1.54) is 5.56 Å². The largest absolute Gasteiger partial charge is 0.497 e. The zero-order valence-electron chi connectivity index (χ0n) is 23.0. The number of carbonyl (C=O) groups is 1. The second kappa shape index (κ2) is 10.8. The first-order valence-corrected chi connectivity index (χ1v) is 13.6. The Morgan fingerprint density at radius 2 is 1.80 bits per heavy atom. The summed E-state index contributed by atoms with van der Waals surface area (Å²) in [6, 6.07) is 30.0. The van der Waals surface area contributed by atoms with Crippen LogP contribution in [0.3, 0.4) is 0 Å². The van der Waals surface area contributed by atoms with Gasteiger partial charge in [-0.25, -0.2) is 9.48 Å². The van der Waals surface area contributed by atoms with Crippen molar-refractivity contribution in [1.29, 1.82) is 0 Å². The normalized spacial score (nSPS) is 14.3. The molecule has 5 aromatic rings. The fourth-order valence-electron chi connectivity index (χ4n) is 5.50. The van der Waals surface area contributed by atoms with Crippen molar-refractivity contribution >= 4 is 6.03 Å². The van der Waals surface area contributed by atoms with Gasteiger partial charge in [-0.1, -0.05) is 67.1 Å². The standard InChI is InChI=1S/C33H33N5O2/c1-4-29-28-22-37(33(39)34-21-24-17-15-23(2)16-18-24)31(25-10-8-13-27(20-25)40-3)30-14-9-19-36(30)32(28)38(35-29)26-11-6-5-7-12-26/h5-20,31H,4,21-22H2,1-3H3,(H,34,39)/t31-/m0/s1. The van der Waals surface area contributed by atoms with Crippen LogP contribution in [0.1, 0.15) is 46.6 Å². The van der Waals surface area contributed by atoms with E-state index in [1.54, 1.807) is 7.11 Å². The summed E-state index contributed by atoms with van der Waals surface area (Å²) in [4.78, 5) is 16.0. The number of ether oxygens (including phenoxy) is 1. The molecule has 2 aromatic heterocycles. The Bertz CT molecular complexity index is 1640. The van der Waals surface area contributed by atoms with Gasteiger partial charge in [0.2, 0.25) is 0 Å². The molecule has 1 aliphatic rings. The van der Waals surface area contributed by atoms with E-state index < -0.39 is 0 Å². The van der Waals surface area contributed by atoms with Crippen LogP contribution in [-0.2, 0) is 19.5 Å². The van der Waals surface area contributed by atoms with Crippen LogP contribution in [0.5, 0.6) is 5.75 Å². The van der Waals surface area contributed by atoms with Crippen LogP contribution in [0, 0.1) is 6.92 Å². The van der Waals surface area contributed by atoms with E-state index in [-0.39, 0.29) is 12.1 Å². The monoisotopic (exact) mass is 531 g/mol. The number of carbonyl (C=O) groups excluding carboxylic acids is 1. The van der Waals surface area contributed by atoms with Gasteiger partial charge in [0.25, 0.3) is 0 Å². The smallest absolute Gasteiger partial charge is 0.318 e. The number of para-hydroxylation sites is 1. The summed E-state index contributed by atoms with van der Waals surface area (Å²) < 4.78 is 9.77. The fourth-order valence-corrected chi connectivity index (χ4v) is 5.50. The highest BCUT2D eigenvalue weighted by atomic mass is 16.5. The summed E-state index contributed by atoms with van der Waals surface area (Å²) in [6.45, 7) is 5.03. The molecule has 0 unspecified atom stereocenters. The van der Waals surface area contributed by atoms with Crippen LogP contribution in [0.2, 0.25) is 0 Å². The number of nitrogens with one attached hydrogen (secondary N) is 1. The number of hydrogen-bond acceptors (Lipinski definition) is 3. The lowest BCUT2D eigenvalue weighted by Crippen LogP contribution is -2.41. The zero-order chi connectivity index (χ0) is 27.6. The zero-order valence-corrected chi connectivity index (χ0v) is 23.0. The minimum Gasteiger partial charge on any atom is -0.497 e. The van der Waals surface area contributed by atoms with Crippen molar-refractivity contribution in [2.24, 2.45) is 0 Å². The van der Waals surface area contributed by atoms with Gasteiger partial charge in [-0.05, 0) is 60.9 Å². The Labute approximate surface area is 234 Å². The number of urea groups is 1. The average Bonchev–Trinajstić information content (AvgIpc) is 3.58. The van der Waals surface area contributed by atoms with Crippen LogP contribution in [-0.4, -0.2) is 32.4 Å². The maximum Gasteiger partial charge on any atom is 0.318 e. The molecule has 0 saturated carbocycles. The van der Waals surface area contributed by atoms with Crippen molar-refractivity contribution in [3.63, 3.8) is 0 Å². The van der Waals surface area contributed by atoms with Gasteiger partial charge < -0.3 is 19.5 Å². The lowest BCUT2D eigenvalue weighted by atomic mass is 10.0. The molecule has 6 rings (SSSR count). The van der Waals surface area contributed by atoms with Gasteiger partial charge in [0.05, 0.1) is 36.8 Å². The van der Waals surface area contributed by atoms with Crippen LogP contribution >= 0.6 is 0 Å². The van der Waals surface area contributed by atoms with Crippen molar-refractivity contribution < 1.29 is 9.53 Å². The third kappa shape index (κ3) is 4.64. The third-order valence-corrected chi connectivity index (χ3v) is 7.54. The number of benzene rings is 3. The molecule has 7 nitrogen and oxygen atoms in total. The van der Waals surface area contributed by atoms with Crippen LogP contribution < -0.4 is 10.1 Å². The van der Waals surface area contributed by atoms with E-state index in [4.69, 9.17) is 9.84 Å². The molecule has 1 atom stereocenters. The summed E-state index contributed by atoms with van der Waals surface area (Å²) >= 11 is 0. The van der Waals surface area contributed by atoms with Crippen molar-refractivity contribution in [1.82, 2.24) is 24.6 Å². The fraction of sp³-hybridized carbons (Fsp3) is 0.212. The number of aromatic nitrogens is 3. The van der Waals surface area contributed by atoms with Crippen molar-refractivity contribution in [3.05, 3.63) is 131 Å². The van der Waals surface area contributed by atoms with E-state index in [1.807, 2.05) is 52.0 Å². The molecular weight excluding hydrogens is 498 g/mol. The van der Waals surface area contributed by atoms with Gasteiger partial charge >= 0.3 is 6.03 Å². The molecule has 0 bridgehead atoms. The lowest BCUT2D eigenvalue weighted by Gasteiger charge is -2.31. The predicted molar refractivity (Wildman–Crippen MR) is 156 cm³/mol. The molecular formula is C33H33N5O2. The second-order valence-electron chi connectivity index (χ2n) is 10.1. The number of hydrogen-bond donors (Lipinski definition) is 1. The van der Waals surface area contributed by atoms with Gasteiger partial charge in [0, 0.05) is 18.3 Å². The number of fused-ring (bicyclic) bond motifs is 3. The van der Waals surface area contributed by atoms with Gasteiger partial charge in [-0.3, -0.25) is 0 Å². The van der Waals surface area contributed by atoms with Gasteiger partial charge in [0.15, 0.2) is 0 Å². The molecule has 0 spiro atoms. The molecule has 202 valence electrons. The first-order chi connectivity index (χ1) is 19.6. The molecule has 2 amide bonds. The number of amides is 2. The van der Waals surface area contributed by atoms with E-state index in [2.05, 4.69) is 78.5 Å². The van der Waals surface area contributed by atoms with E-state index in [0.717, 1.165) is 51.8 Å². The molecule has 1 N–H and O–H groups in total. The quantitative estimate of drug-likeness (QED) is 0.277. The highest BCUT2D eigenvalue weighted by Crippen LogP contribution is 2.39. The highest BCUT2D eigenvalue weighted by Gasteiger charge is 2.36. The van der Waals surface area contributed by atoms with Crippen molar-refractivity contribution in [2.45, 2.75) is 39.4 Å². The number of nitrogens with zero attached hydrogens (tertiary/aromatic N) is 4. The van der Waals surface area contributed by atoms with Crippen molar-refractivity contribution in [2.75, 3.05) is 7.11 Å². The number of aryl methyl sites for hydroxylation is 2. The molecule has 0 radical (unpaired) electrons. The van der Waals surface area contributed by atoms with E-state index >= 15 is 0 Å². The van der Waals surface area contributed by atoms with E-state index in [0.29, 0.717) is 13.1 Å². The van der Waals surface area contributed by atoms with Crippen molar-refractivity contribution in [3.8, 4) is 17.3 Å². The number of rotatable bonds is 6. The minimum absolute atomic E-state index is 0.136. The third-order valence-electron chi connectivity index (χ3n) is 7.54. The first kappa shape index (κ1) is 25.5. The average molecular weight is 532 g/mol. The van der Waals surface area contributed by atoms with E-state index in [9.17, 15) is 4.79 Å². The Morgan fingerprint density at radius 3 is 2.55 bits per heavy atom. The van der Waals surface area contributed by atoms with Gasteiger partial charge in [0.1, 0.15) is 11.6 Å². The van der Waals surface area contributed by atoms with Crippen LogP contribution in [0.15, 0.2) is 97.2 Å². The summed E-state index contributed by atoms with van der Waals surface area (Å²) in [5, 5.41) is 8.23. The predicted octanol–water partition coefficient (Wildman–Crippen LogP) is 6.36. The first-order valence-electron chi connectivity index (χ1n) is 13.6. The van der Waals surface area contributed by atoms with Crippen LogP contribution in [0.4, 0.5) is 4.79 Å². The maximum absolute atomic E-state index is 14.1. The Morgan fingerprint density at radius 1 is 1.00 bits per heavy atom. The highest BCUT2D eigenvalue weighted by molar-refractivity contribution is 5.76. The topological polar surface area (TPSA) is 64.3 Å². The molecule has 0 fully saturated rings. The van der Waals surface area contributed by atoms with Gasteiger partial charge in [-0.15, -0.1) is 0 Å². The lowest BCUT2D eigenvalue weighted by molar-refractivity contribution is 0.180. The Kier molecular flexibility index (Phi) is 6.86. The van der Waals surface area contributed by atoms with Crippen LogP contribution in [0.25, 0.3) is 11.5 Å². The second-order valence-corrected chi connectivity index (χ2v) is 10.1. The molecule has 40 heavy (non-hydrogen) atoms. The maximum atomic E-state index is 14.1.